The molecule has 4 rings (SSSR count). The van der Waals surface area contributed by atoms with Gasteiger partial charge in [0.2, 0.25) is 11.8 Å². The van der Waals surface area contributed by atoms with Gasteiger partial charge in [0.1, 0.15) is 11.3 Å². The number of carbonyl (C=O) groups is 5. The third-order valence-electron chi connectivity index (χ3n) is 6.27. The molecule has 2 aliphatic rings. The van der Waals surface area contributed by atoms with Crippen LogP contribution in [0.4, 0.5) is 11.4 Å². The van der Waals surface area contributed by atoms with Gasteiger partial charge in [-0.15, -0.1) is 0 Å². The lowest BCUT2D eigenvalue weighted by atomic mass is 9.77. The van der Waals surface area contributed by atoms with Crippen LogP contribution < -0.4 is 15.0 Å². The lowest BCUT2D eigenvalue weighted by Gasteiger charge is -2.29. The van der Waals surface area contributed by atoms with Gasteiger partial charge in [0.15, 0.2) is 0 Å². The first-order chi connectivity index (χ1) is 17.0. The van der Waals surface area contributed by atoms with E-state index in [2.05, 4.69) is 5.32 Å². The standard InChI is InChI=1S/C23H19N3O10/c1-11(27)36-15-7-5-12(6-8-15)19-17-18(23(24-19,22(32)33)10-16(28)29)21(31)25(20(17)30)13-3-2-4-14(9-13)26(34)35/h2-9,17-19,24H,10H2,1H3,(H,28,29)(H,32,33). The Kier molecular flexibility index (Phi) is 6.02. The molecule has 186 valence electrons. The number of amides is 2. The molecule has 4 unspecified atom stereocenters. The third-order valence-corrected chi connectivity index (χ3v) is 6.27. The lowest BCUT2D eigenvalue weighted by Crippen LogP contribution is -2.57. The molecule has 0 aliphatic carbocycles. The number of imide groups is 1. The summed E-state index contributed by atoms with van der Waals surface area (Å²) in [6.45, 7) is 1.20. The van der Waals surface area contributed by atoms with E-state index in [1.54, 1.807) is 0 Å². The highest BCUT2D eigenvalue weighted by atomic mass is 16.6. The number of hydrogen-bond donors (Lipinski definition) is 3. The van der Waals surface area contributed by atoms with Gasteiger partial charge in [-0.3, -0.25) is 39.4 Å². The summed E-state index contributed by atoms with van der Waals surface area (Å²) in [5.41, 5.74) is -2.52. The van der Waals surface area contributed by atoms with E-state index >= 15 is 0 Å². The summed E-state index contributed by atoms with van der Waals surface area (Å²) in [7, 11) is 0. The molecule has 13 nitrogen and oxygen atoms in total. The van der Waals surface area contributed by atoms with E-state index in [4.69, 9.17) is 4.74 Å². The van der Waals surface area contributed by atoms with Gasteiger partial charge in [0.25, 0.3) is 5.69 Å². The molecule has 2 fully saturated rings. The molecule has 2 amide bonds. The van der Waals surface area contributed by atoms with E-state index in [-0.39, 0.29) is 11.4 Å². The first-order valence-electron chi connectivity index (χ1n) is 10.6. The van der Waals surface area contributed by atoms with Gasteiger partial charge in [-0.1, -0.05) is 18.2 Å². The van der Waals surface area contributed by atoms with Crippen molar-refractivity contribution in [3.63, 3.8) is 0 Å². The van der Waals surface area contributed by atoms with E-state index in [0.29, 0.717) is 10.5 Å². The minimum Gasteiger partial charge on any atom is -0.481 e. The molecular weight excluding hydrogens is 478 g/mol. The summed E-state index contributed by atoms with van der Waals surface area (Å²) in [5, 5.41) is 33.5. The van der Waals surface area contributed by atoms with Crippen molar-refractivity contribution >= 4 is 41.1 Å². The van der Waals surface area contributed by atoms with Crippen LogP contribution in [0.25, 0.3) is 0 Å². The van der Waals surface area contributed by atoms with Gasteiger partial charge in [-0.25, -0.2) is 4.90 Å². The molecule has 2 aromatic carbocycles. The normalized spacial score (nSPS) is 24.9. The van der Waals surface area contributed by atoms with Crippen molar-refractivity contribution in [1.82, 2.24) is 5.32 Å². The summed E-state index contributed by atoms with van der Waals surface area (Å²) < 4.78 is 4.98. The Bertz CT molecular complexity index is 1310. The van der Waals surface area contributed by atoms with Gasteiger partial charge < -0.3 is 14.9 Å². The van der Waals surface area contributed by atoms with Gasteiger partial charge in [-0.05, 0) is 23.8 Å². The van der Waals surface area contributed by atoms with Crippen molar-refractivity contribution in [3.05, 3.63) is 64.2 Å². The number of nitrogens with zero attached hydrogens (tertiary/aromatic N) is 2. The molecule has 0 saturated carbocycles. The number of ether oxygens (including phenoxy) is 1. The summed E-state index contributed by atoms with van der Waals surface area (Å²) in [4.78, 5) is 73.5. The van der Waals surface area contributed by atoms with Crippen LogP contribution in [0.1, 0.15) is 24.9 Å². The van der Waals surface area contributed by atoms with Gasteiger partial charge in [0.05, 0.1) is 28.9 Å². The number of non-ortho nitro benzene ring substituents is 1. The van der Waals surface area contributed by atoms with Crippen LogP contribution in [0, 0.1) is 22.0 Å². The minimum atomic E-state index is -2.34. The van der Waals surface area contributed by atoms with Crippen LogP contribution in [0.15, 0.2) is 48.5 Å². The number of aliphatic carboxylic acids is 2. The lowest BCUT2D eigenvalue weighted by molar-refractivity contribution is -0.384. The first kappa shape index (κ1) is 24.5. The minimum absolute atomic E-state index is 0.132. The second kappa shape index (κ2) is 8.85. The van der Waals surface area contributed by atoms with Crippen LogP contribution in [0.2, 0.25) is 0 Å². The number of carboxylic acids is 2. The predicted molar refractivity (Wildman–Crippen MR) is 119 cm³/mol. The highest BCUT2D eigenvalue weighted by Gasteiger charge is 2.69. The number of carbonyl (C=O) groups excluding carboxylic acids is 3. The van der Waals surface area contributed by atoms with E-state index in [1.807, 2.05) is 0 Å². The fourth-order valence-corrected chi connectivity index (χ4v) is 4.87. The van der Waals surface area contributed by atoms with Crippen LogP contribution in [0.3, 0.4) is 0 Å². The average molecular weight is 497 g/mol. The molecule has 4 atom stereocenters. The molecule has 3 N–H and O–H groups in total. The Morgan fingerprint density at radius 3 is 2.33 bits per heavy atom. The monoisotopic (exact) mass is 497 g/mol. The van der Waals surface area contributed by atoms with E-state index in [1.165, 1.54) is 43.3 Å². The molecule has 0 aromatic heterocycles. The number of carboxylic acid groups (broad SMARTS) is 2. The van der Waals surface area contributed by atoms with Crippen LogP contribution >= 0.6 is 0 Å². The van der Waals surface area contributed by atoms with E-state index in [9.17, 15) is 44.3 Å². The summed E-state index contributed by atoms with van der Waals surface area (Å²) in [6, 6.07) is 9.36. The maximum absolute atomic E-state index is 13.6. The second-order valence-corrected chi connectivity index (χ2v) is 8.42. The number of nitro benzene ring substituents is 1. The van der Waals surface area contributed by atoms with Crippen LogP contribution in [-0.4, -0.2) is 50.4 Å². The van der Waals surface area contributed by atoms with Crippen LogP contribution in [0.5, 0.6) is 5.75 Å². The number of esters is 1. The molecule has 13 heteroatoms. The zero-order valence-corrected chi connectivity index (χ0v) is 18.6. The quantitative estimate of drug-likeness (QED) is 0.164. The van der Waals surface area contributed by atoms with E-state index < -0.39 is 70.2 Å². The highest BCUT2D eigenvalue weighted by molar-refractivity contribution is 6.24. The molecule has 36 heavy (non-hydrogen) atoms. The molecule has 2 saturated heterocycles. The maximum atomic E-state index is 13.6. The van der Waals surface area contributed by atoms with Crippen molar-refractivity contribution in [3.8, 4) is 5.75 Å². The smallest absolute Gasteiger partial charge is 0.325 e. The van der Waals surface area contributed by atoms with Crippen molar-refractivity contribution in [2.24, 2.45) is 11.8 Å². The van der Waals surface area contributed by atoms with Crippen LogP contribution in [-0.2, 0) is 24.0 Å². The molecule has 2 aliphatic heterocycles. The zero-order valence-electron chi connectivity index (χ0n) is 18.6. The predicted octanol–water partition coefficient (Wildman–Crippen LogP) is 1.27. The van der Waals surface area contributed by atoms with Crippen molar-refractivity contribution in [1.29, 1.82) is 0 Å². The highest BCUT2D eigenvalue weighted by Crippen LogP contribution is 2.51. The fourth-order valence-electron chi connectivity index (χ4n) is 4.87. The molecule has 0 radical (unpaired) electrons. The maximum Gasteiger partial charge on any atom is 0.325 e. The summed E-state index contributed by atoms with van der Waals surface area (Å²) >= 11 is 0. The Labute approximate surface area is 202 Å². The molecule has 2 heterocycles. The fraction of sp³-hybridized carbons (Fsp3) is 0.261. The third kappa shape index (κ3) is 3.94. The Hall–Kier alpha value is -4.65. The van der Waals surface area contributed by atoms with Crippen molar-refractivity contribution in [2.45, 2.75) is 24.9 Å². The molecular formula is C23H19N3O10. The topological polar surface area (TPSA) is 193 Å². The second-order valence-electron chi connectivity index (χ2n) is 8.42. The average Bonchev–Trinajstić information content (AvgIpc) is 3.28. The first-order valence-corrected chi connectivity index (χ1v) is 10.6. The molecule has 0 spiro atoms. The van der Waals surface area contributed by atoms with Crippen molar-refractivity contribution in [2.75, 3.05) is 4.90 Å². The number of nitrogens with one attached hydrogen (secondary N) is 1. The summed E-state index contributed by atoms with van der Waals surface area (Å²) in [6.07, 6.45) is -1.01. The Balaban J connectivity index is 1.83. The number of benzene rings is 2. The number of hydrogen-bond acceptors (Lipinski definition) is 9. The van der Waals surface area contributed by atoms with Gasteiger partial charge in [0, 0.05) is 25.1 Å². The van der Waals surface area contributed by atoms with Gasteiger partial charge in [-0.2, -0.15) is 0 Å². The Morgan fingerprint density at radius 1 is 1.11 bits per heavy atom. The number of rotatable bonds is 7. The molecule has 0 bridgehead atoms. The number of fused-ring (bicyclic) bond motifs is 1. The van der Waals surface area contributed by atoms with Gasteiger partial charge >= 0.3 is 17.9 Å². The molecule has 2 aromatic rings. The SMILES string of the molecule is CC(=O)Oc1ccc(C2NC(CC(=O)O)(C(=O)O)C3C(=O)N(c4cccc([N+](=O)[O-])c4)C(=O)C23)cc1. The zero-order chi connectivity index (χ0) is 26.4. The number of anilines is 1. The Morgan fingerprint density at radius 2 is 1.78 bits per heavy atom. The largest absolute Gasteiger partial charge is 0.481 e. The number of nitro groups is 1. The summed E-state index contributed by atoms with van der Waals surface area (Å²) in [5.74, 6) is -8.30. The van der Waals surface area contributed by atoms with E-state index in [0.717, 1.165) is 12.1 Å². The van der Waals surface area contributed by atoms with Crippen molar-refractivity contribution < 1.29 is 43.8 Å².